The highest BCUT2D eigenvalue weighted by Crippen LogP contribution is 2.33. The number of nitrogens with zero attached hydrogens (tertiary/aromatic N) is 2. The van der Waals surface area contributed by atoms with Crippen molar-refractivity contribution >= 4 is 11.8 Å². The number of hydrogen-bond acceptors (Lipinski definition) is 3. The van der Waals surface area contributed by atoms with Gasteiger partial charge >= 0.3 is 0 Å². The summed E-state index contributed by atoms with van der Waals surface area (Å²) in [6.45, 7) is 11.6. The van der Waals surface area contributed by atoms with E-state index in [4.69, 9.17) is 0 Å². The van der Waals surface area contributed by atoms with Gasteiger partial charge in [-0.15, -0.1) is 0 Å². The van der Waals surface area contributed by atoms with Gasteiger partial charge in [-0.3, -0.25) is 4.68 Å². The molecule has 1 heterocycles. The Morgan fingerprint density at radius 1 is 1.19 bits per heavy atom. The number of nitrogens with one attached hydrogen (secondary N) is 1. The lowest BCUT2D eigenvalue weighted by molar-refractivity contribution is 0.421. The van der Waals surface area contributed by atoms with Crippen molar-refractivity contribution in [1.82, 2.24) is 15.1 Å². The Bertz CT molecular complexity index is 623. The Balaban J connectivity index is 2.29. The van der Waals surface area contributed by atoms with Crippen LogP contribution >= 0.6 is 11.8 Å². The molecule has 114 valence electrons. The van der Waals surface area contributed by atoms with Crippen molar-refractivity contribution in [2.45, 2.75) is 56.6 Å². The smallest absolute Gasteiger partial charge is 0.103 e. The Morgan fingerprint density at radius 3 is 2.48 bits per heavy atom. The van der Waals surface area contributed by atoms with Crippen molar-refractivity contribution in [1.29, 1.82) is 0 Å². The molecule has 0 atom stereocenters. The van der Waals surface area contributed by atoms with E-state index in [2.05, 4.69) is 69.3 Å². The van der Waals surface area contributed by atoms with Crippen molar-refractivity contribution in [3.05, 3.63) is 41.1 Å². The molecule has 0 aliphatic rings. The van der Waals surface area contributed by atoms with Gasteiger partial charge in [-0.05, 0) is 46.2 Å². The third-order valence-corrected chi connectivity index (χ3v) is 4.77. The number of rotatable bonds is 4. The molecule has 3 nitrogen and oxygen atoms in total. The second-order valence-corrected chi connectivity index (χ2v) is 7.49. The zero-order valence-electron chi connectivity index (χ0n) is 13.8. The monoisotopic (exact) mass is 303 g/mol. The number of aryl methyl sites for hydroxylation is 3. The largest absolute Gasteiger partial charge is 0.308 e. The minimum atomic E-state index is 0.104. The lowest BCUT2D eigenvalue weighted by Gasteiger charge is -2.21. The van der Waals surface area contributed by atoms with E-state index in [1.54, 1.807) is 11.8 Å². The highest BCUT2D eigenvalue weighted by Gasteiger charge is 2.17. The van der Waals surface area contributed by atoms with Crippen LogP contribution in [0.3, 0.4) is 0 Å². The van der Waals surface area contributed by atoms with Crippen LogP contribution in [0.5, 0.6) is 0 Å². The Morgan fingerprint density at radius 2 is 1.86 bits per heavy atom. The van der Waals surface area contributed by atoms with Crippen LogP contribution in [0.15, 0.2) is 34.2 Å². The molecule has 1 N–H and O–H groups in total. The summed E-state index contributed by atoms with van der Waals surface area (Å²) in [6.07, 6.45) is 0. The van der Waals surface area contributed by atoms with E-state index in [1.165, 1.54) is 21.0 Å². The minimum Gasteiger partial charge on any atom is -0.308 e. The predicted octanol–water partition coefficient (Wildman–Crippen LogP) is 4.08. The molecule has 1 aromatic heterocycles. The fourth-order valence-electron chi connectivity index (χ4n) is 2.14. The van der Waals surface area contributed by atoms with Crippen LogP contribution in [0.4, 0.5) is 0 Å². The van der Waals surface area contributed by atoms with Gasteiger partial charge in [0.2, 0.25) is 0 Å². The van der Waals surface area contributed by atoms with Gasteiger partial charge in [-0.25, -0.2) is 0 Å². The van der Waals surface area contributed by atoms with E-state index in [1.807, 2.05) is 11.7 Å². The molecule has 0 saturated heterocycles. The number of benzene rings is 1. The summed E-state index contributed by atoms with van der Waals surface area (Å²) >= 11 is 1.80. The molecule has 4 heteroatoms. The van der Waals surface area contributed by atoms with Gasteiger partial charge < -0.3 is 5.32 Å². The molecule has 0 aliphatic heterocycles. The van der Waals surface area contributed by atoms with Gasteiger partial charge in [0.25, 0.3) is 0 Å². The van der Waals surface area contributed by atoms with E-state index >= 15 is 0 Å². The molecule has 2 aromatic rings. The summed E-state index contributed by atoms with van der Waals surface area (Å²) in [7, 11) is 2.02. The average molecular weight is 303 g/mol. The third kappa shape index (κ3) is 4.11. The zero-order valence-corrected chi connectivity index (χ0v) is 14.6. The van der Waals surface area contributed by atoms with Gasteiger partial charge in [0.1, 0.15) is 5.03 Å². The standard InChI is InChI=1S/C17H25N3S/c1-12-9-7-8-10-15(12)21-16-14(11-18-17(3,4)5)13(2)19-20(16)6/h7-10,18H,11H2,1-6H3. The Kier molecular flexibility index (Phi) is 4.79. The first-order chi connectivity index (χ1) is 9.78. The van der Waals surface area contributed by atoms with Gasteiger partial charge in [-0.2, -0.15) is 5.10 Å². The van der Waals surface area contributed by atoms with E-state index in [0.717, 1.165) is 12.2 Å². The quantitative estimate of drug-likeness (QED) is 0.923. The molecule has 0 saturated carbocycles. The topological polar surface area (TPSA) is 29.9 Å². The fraction of sp³-hybridized carbons (Fsp3) is 0.471. The molecule has 0 radical (unpaired) electrons. The maximum atomic E-state index is 4.59. The van der Waals surface area contributed by atoms with Gasteiger partial charge in [0, 0.05) is 29.6 Å². The van der Waals surface area contributed by atoms with Gasteiger partial charge in [0.05, 0.1) is 5.69 Å². The molecular weight excluding hydrogens is 278 g/mol. The summed E-state index contributed by atoms with van der Waals surface area (Å²) in [6, 6.07) is 8.49. The molecule has 0 aliphatic carbocycles. The fourth-order valence-corrected chi connectivity index (χ4v) is 3.24. The van der Waals surface area contributed by atoms with Crippen molar-refractivity contribution in [2.24, 2.45) is 7.05 Å². The first-order valence-electron chi connectivity index (χ1n) is 7.29. The first-order valence-corrected chi connectivity index (χ1v) is 8.10. The normalized spacial score (nSPS) is 11.9. The van der Waals surface area contributed by atoms with Gasteiger partial charge in [0.15, 0.2) is 0 Å². The van der Waals surface area contributed by atoms with E-state index in [0.29, 0.717) is 0 Å². The number of aromatic nitrogens is 2. The Labute approximate surface area is 132 Å². The van der Waals surface area contributed by atoms with Gasteiger partial charge in [-0.1, -0.05) is 30.0 Å². The van der Waals surface area contributed by atoms with E-state index in [9.17, 15) is 0 Å². The zero-order chi connectivity index (χ0) is 15.6. The van der Waals surface area contributed by atoms with Crippen LogP contribution in [0.25, 0.3) is 0 Å². The van der Waals surface area contributed by atoms with Crippen LogP contribution < -0.4 is 5.32 Å². The Hall–Kier alpha value is -1.26. The summed E-state index contributed by atoms with van der Waals surface area (Å²) in [5.74, 6) is 0. The summed E-state index contributed by atoms with van der Waals surface area (Å²) in [4.78, 5) is 1.29. The third-order valence-electron chi connectivity index (χ3n) is 3.38. The predicted molar refractivity (Wildman–Crippen MR) is 89.8 cm³/mol. The highest BCUT2D eigenvalue weighted by atomic mass is 32.2. The van der Waals surface area contributed by atoms with Crippen molar-refractivity contribution in [2.75, 3.05) is 0 Å². The SMILES string of the molecule is Cc1ccccc1Sc1c(CNC(C)(C)C)c(C)nn1C. The molecular formula is C17H25N3S. The molecule has 2 rings (SSSR count). The molecule has 0 fully saturated rings. The molecule has 0 unspecified atom stereocenters. The second kappa shape index (κ2) is 6.24. The summed E-state index contributed by atoms with van der Waals surface area (Å²) in [5.41, 5.74) is 3.80. The van der Waals surface area contributed by atoms with Crippen LogP contribution in [-0.4, -0.2) is 15.3 Å². The molecule has 0 bridgehead atoms. The van der Waals surface area contributed by atoms with Crippen molar-refractivity contribution in [3.63, 3.8) is 0 Å². The molecule has 0 spiro atoms. The van der Waals surface area contributed by atoms with Crippen molar-refractivity contribution in [3.8, 4) is 0 Å². The first kappa shape index (κ1) is 16.1. The van der Waals surface area contributed by atoms with E-state index in [-0.39, 0.29) is 5.54 Å². The number of hydrogen-bond donors (Lipinski definition) is 1. The minimum absolute atomic E-state index is 0.104. The maximum absolute atomic E-state index is 4.59. The van der Waals surface area contributed by atoms with Crippen LogP contribution in [-0.2, 0) is 13.6 Å². The molecule has 1 aromatic carbocycles. The summed E-state index contributed by atoms with van der Waals surface area (Å²) < 4.78 is 1.99. The van der Waals surface area contributed by atoms with E-state index < -0.39 is 0 Å². The van der Waals surface area contributed by atoms with Crippen LogP contribution in [0.2, 0.25) is 0 Å². The average Bonchev–Trinajstić information content (AvgIpc) is 2.63. The molecule has 21 heavy (non-hydrogen) atoms. The second-order valence-electron chi connectivity index (χ2n) is 6.46. The highest BCUT2D eigenvalue weighted by molar-refractivity contribution is 7.99. The lowest BCUT2D eigenvalue weighted by atomic mass is 10.1. The summed E-state index contributed by atoms with van der Waals surface area (Å²) in [5, 5.41) is 9.38. The molecule has 0 amide bonds. The lowest BCUT2D eigenvalue weighted by Crippen LogP contribution is -2.35. The van der Waals surface area contributed by atoms with Crippen LogP contribution in [0, 0.1) is 13.8 Å². The van der Waals surface area contributed by atoms with Crippen LogP contribution in [0.1, 0.15) is 37.6 Å². The maximum Gasteiger partial charge on any atom is 0.103 e. The van der Waals surface area contributed by atoms with Crippen molar-refractivity contribution < 1.29 is 0 Å².